The number of nitrogens with two attached hydrogens (primary N) is 1. The van der Waals surface area contributed by atoms with Crippen LogP contribution in [0, 0.1) is 6.92 Å². The van der Waals surface area contributed by atoms with Crippen molar-refractivity contribution in [3.63, 3.8) is 0 Å². The van der Waals surface area contributed by atoms with E-state index in [4.69, 9.17) is 5.73 Å². The normalized spacial score (nSPS) is 11.5. The van der Waals surface area contributed by atoms with Gasteiger partial charge >= 0.3 is 0 Å². The van der Waals surface area contributed by atoms with Gasteiger partial charge in [-0.1, -0.05) is 6.07 Å². The number of imidazole rings is 1. The van der Waals surface area contributed by atoms with Crippen molar-refractivity contribution in [1.82, 2.24) is 24.1 Å². The zero-order chi connectivity index (χ0) is 14.6. The summed E-state index contributed by atoms with van der Waals surface area (Å²) in [6, 6.07) is 8.28. The molecule has 4 aromatic rings. The van der Waals surface area contributed by atoms with E-state index in [9.17, 15) is 0 Å². The lowest BCUT2D eigenvalue weighted by Gasteiger charge is -2.06. The minimum Gasteiger partial charge on any atom is -0.366 e. The molecule has 21 heavy (non-hydrogen) atoms. The highest BCUT2D eigenvalue weighted by molar-refractivity contribution is 5.86. The third-order valence-corrected chi connectivity index (χ3v) is 3.62. The van der Waals surface area contributed by atoms with Gasteiger partial charge in [-0.05, 0) is 36.2 Å². The molecule has 0 atom stereocenters. The van der Waals surface area contributed by atoms with Gasteiger partial charge in [0, 0.05) is 18.8 Å². The number of hydrogen-bond donors (Lipinski definition) is 1. The van der Waals surface area contributed by atoms with Gasteiger partial charge in [0.1, 0.15) is 0 Å². The summed E-state index contributed by atoms with van der Waals surface area (Å²) in [6.07, 6.45) is 3.74. The van der Waals surface area contributed by atoms with Crippen LogP contribution in [0.3, 0.4) is 0 Å². The van der Waals surface area contributed by atoms with E-state index in [-0.39, 0.29) is 5.95 Å². The second kappa shape index (κ2) is 4.05. The second-order valence-electron chi connectivity index (χ2n) is 5.23. The highest BCUT2D eigenvalue weighted by Crippen LogP contribution is 2.27. The SMILES string of the molecule is Cc1cc(-c2ccc3ncn(C)c3c2)c2nc(N)nn2c1. The zero-order valence-electron chi connectivity index (χ0n) is 11.8. The topological polar surface area (TPSA) is 74.0 Å². The first-order valence-corrected chi connectivity index (χ1v) is 6.66. The molecule has 6 heteroatoms. The zero-order valence-corrected chi connectivity index (χ0v) is 11.8. The fourth-order valence-electron chi connectivity index (χ4n) is 2.64. The Morgan fingerprint density at radius 1 is 1.19 bits per heavy atom. The van der Waals surface area contributed by atoms with Crippen molar-refractivity contribution >= 4 is 22.6 Å². The van der Waals surface area contributed by atoms with Crippen molar-refractivity contribution in [3.05, 3.63) is 42.4 Å². The van der Waals surface area contributed by atoms with Crippen molar-refractivity contribution in [2.45, 2.75) is 6.92 Å². The molecule has 0 amide bonds. The Balaban J connectivity index is 2.04. The number of pyridine rings is 1. The lowest BCUT2D eigenvalue weighted by Crippen LogP contribution is -1.93. The molecule has 4 rings (SSSR count). The number of nitrogens with zero attached hydrogens (tertiary/aromatic N) is 5. The average molecular weight is 278 g/mol. The molecule has 0 unspecified atom stereocenters. The van der Waals surface area contributed by atoms with E-state index >= 15 is 0 Å². The molecule has 1 aromatic carbocycles. The smallest absolute Gasteiger partial charge is 0.240 e. The van der Waals surface area contributed by atoms with E-state index < -0.39 is 0 Å². The second-order valence-corrected chi connectivity index (χ2v) is 5.23. The summed E-state index contributed by atoms with van der Waals surface area (Å²) in [6.45, 7) is 2.03. The van der Waals surface area contributed by atoms with Crippen LogP contribution in [-0.2, 0) is 7.05 Å². The highest BCUT2D eigenvalue weighted by Gasteiger charge is 2.11. The third kappa shape index (κ3) is 1.76. The van der Waals surface area contributed by atoms with Gasteiger partial charge < -0.3 is 10.3 Å². The van der Waals surface area contributed by atoms with Gasteiger partial charge in [-0.15, -0.1) is 5.10 Å². The fourth-order valence-corrected chi connectivity index (χ4v) is 2.64. The number of fused-ring (bicyclic) bond motifs is 2. The fraction of sp³-hybridized carbons (Fsp3) is 0.133. The molecule has 0 aliphatic rings. The van der Waals surface area contributed by atoms with Gasteiger partial charge in [-0.2, -0.15) is 4.98 Å². The number of aromatic nitrogens is 5. The Morgan fingerprint density at radius 2 is 2.05 bits per heavy atom. The average Bonchev–Trinajstić information content (AvgIpc) is 3.00. The molecule has 0 saturated heterocycles. The standard InChI is InChI=1S/C15H14N6/c1-9-5-11(14-18-15(16)19-21(14)7-9)10-3-4-12-13(6-10)20(2)8-17-12/h3-8H,1-2H3,(H2,16,19). The molecule has 0 radical (unpaired) electrons. The van der Waals surface area contributed by atoms with Crippen molar-refractivity contribution in [2.24, 2.45) is 7.05 Å². The molecule has 0 aliphatic carbocycles. The molecule has 3 aromatic heterocycles. The Bertz CT molecular complexity index is 979. The van der Waals surface area contributed by atoms with E-state index in [1.807, 2.05) is 37.1 Å². The van der Waals surface area contributed by atoms with Crippen LogP contribution in [0.15, 0.2) is 36.8 Å². The summed E-state index contributed by atoms with van der Waals surface area (Å²) in [7, 11) is 1.99. The summed E-state index contributed by atoms with van der Waals surface area (Å²) in [4.78, 5) is 8.67. The van der Waals surface area contributed by atoms with Gasteiger partial charge in [0.2, 0.25) is 5.95 Å². The monoisotopic (exact) mass is 278 g/mol. The van der Waals surface area contributed by atoms with Crippen LogP contribution >= 0.6 is 0 Å². The Labute approximate surface area is 120 Å². The quantitative estimate of drug-likeness (QED) is 0.579. The highest BCUT2D eigenvalue weighted by atomic mass is 15.3. The van der Waals surface area contributed by atoms with Gasteiger partial charge in [0.25, 0.3) is 0 Å². The van der Waals surface area contributed by atoms with E-state index in [0.717, 1.165) is 33.4 Å². The summed E-state index contributed by atoms with van der Waals surface area (Å²) in [5.41, 5.74) is 11.7. The Hall–Kier alpha value is -2.89. The number of hydrogen-bond acceptors (Lipinski definition) is 4. The Kier molecular flexibility index (Phi) is 2.29. The summed E-state index contributed by atoms with van der Waals surface area (Å²) >= 11 is 0. The van der Waals surface area contributed by atoms with Gasteiger partial charge in [0.15, 0.2) is 5.65 Å². The van der Waals surface area contributed by atoms with E-state index in [2.05, 4.69) is 33.3 Å². The minimum absolute atomic E-state index is 0.281. The molecular formula is C15H14N6. The van der Waals surface area contributed by atoms with Crippen LogP contribution < -0.4 is 5.73 Å². The molecule has 3 heterocycles. The first-order chi connectivity index (χ1) is 10.1. The predicted octanol–water partition coefficient (Wildman–Crippen LogP) is 2.17. The first kappa shape index (κ1) is 11.9. The van der Waals surface area contributed by atoms with Crippen LogP contribution in [-0.4, -0.2) is 24.1 Å². The lowest BCUT2D eigenvalue weighted by atomic mass is 10.0. The first-order valence-electron chi connectivity index (χ1n) is 6.66. The van der Waals surface area contributed by atoms with Gasteiger partial charge in [-0.3, -0.25) is 0 Å². The largest absolute Gasteiger partial charge is 0.366 e. The van der Waals surface area contributed by atoms with Crippen molar-refractivity contribution < 1.29 is 0 Å². The van der Waals surface area contributed by atoms with Crippen molar-refractivity contribution in [2.75, 3.05) is 5.73 Å². The molecule has 6 nitrogen and oxygen atoms in total. The summed E-state index contributed by atoms with van der Waals surface area (Å²) in [5.74, 6) is 0.281. The lowest BCUT2D eigenvalue weighted by molar-refractivity contribution is 0.947. The van der Waals surface area contributed by atoms with Crippen molar-refractivity contribution in [3.8, 4) is 11.1 Å². The minimum atomic E-state index is 0.281. The molecule has 2 N–H and O–H groups in total. The van der Waals surface area contributed by atoms with Crippen LogP contribution in [0.1, 0.15) is 5.56 Å². The van der Waals surface area contributed by atoms with Gasteiger partial charge in [-0.25, -0.2) is 9.50 Å². The number of nitrogen functional groups attached to an aromatic ring is 1. The van der Waals surface area contributed by atoms with Gasteiger partial charge in [0.05, 0.1) is 17.4 Å². The van der Waals surface area contributed by atoms with Crippen LogP contribution in [0.2, 0.25) is 0 Å². The number of benzene rings is 1. The molecule has 0 bridgehead atoms. The summed E-state index contributed by atoms with van der Waals surface area (Å²) in [5, 5.41) is 4.20. The van der Waals surface area contributed by atoms with E-state index in [1.54, 1.807) is 4.52 Å². The Morgan fingerprint density at radius 3 is 2.90 bits per heavy atom. The van der Waals surface area contributed by atoms with Crippen LogP contribution in [0.25, 0.3) is 27.8 Å². The van der Waals surface area contributed by atoms with Crippen molar-refractivity contribution in [1.29, 1.82) is 0 Å². The maximum atomic E-state index is 5.73. The third-order valence-electron chi connectivity index (χ3n) is 3.62. The maximum absolute atomic E-state index is 5.73. The molecule has 0 saturated carbocycles. The van der Waals surface area contributed by atoms with E-state index in [1.165, 1.54) is 0 Å². The van der Waals surface area contributed by atoms with Crippen LogP contribution in [0.5, 0.6) is 0 Å². The predicted molar refractivity (Wildman–Crippen MR) is 81.8 cm³/mol. The molecule has 0 spiro atoms. The van der Waals surface area contributed by atoms with Crippen LogP contribution in [0.4, 0.5) is 5.95 Å². The number of rotatable bonds is 1. The molecule has 0 fully saturated rings. The number of anilines is 1. The molecular weight excluding hydrogens is 264 g/mol. The maximum Gasteiger partial charge on any atom is 0.240 e. The molecule has 104 valence electrons. The molecule has 0 aliphatic heterocycles. The van der Waals surface area contributed by atoms with E-state index in [0.29, 0.717) is 0 Å². The number of aryl methyl sites for hydroxylation is 2. The summed E-state index contributed by atoms with van der Waals surface area (Å²) < 4.78 is 3.73.